The lowest BCUT2D eigenvalue weighted by Gasteiger charge is -2.50. The predicted molar refractivity (Wildman–Crippen MR) is 124 cm³/mol. The van der Waals surface area contributed by atoms with E-state index in [9.17, 15) is 22.8 Å². The number of aromatic nitrogens is 1. The molecule has 2 saturated heterocycles. The Morgan fingerprint density at radius 3 is 2.53 bits per heavy atom. The van der Waals surface area contributed by atoms with Crippen LogP contribution in [0.2, 0.25) is 0 Å². The first-order valence-electron chi connectivity index (χ1n) is 11.4. The molecule has 1 aromatic heterocycles. The first-order valence-corrected chi connectivity index (χ1v) is 11.4. The summed E-state index contributed by atoms with van der Waals surface area (Å²) in [7, 11) is 1.35. The number of pyridine rings is 1. The van der Waals surface area contributed by atoms with Crippen LogP contribution in [0.15, 0.2) is 41.3 Å². The first kappa shape index (κ1) is 26.0. The number of carbonyl (C=O) groups excluding carboxylic acids is 1. The average Bonchev–Trinajstić information content (AvgIpc) is 3.20. The maximum Gasteiger partial charge on any atom is 0.416 e. The van der Waals surface area contributed by atoms with Crippen molar-refractivity contribution in [2.75, 3.05) is 40.2 Å². The SMILES string of the molecule is COCOc1cc(C(F)(F)F)ccc1-c1cccn(C2COCC23CN(C(=O)OC(C)(C)C)C3)c1=O. The van der Waals surface area contributed by atoms with Gasteiger partial charge < -0.3 is 28.4 Å². The molecule has 1 spiro atoms. The standard InChI is InChI=1S/C25H29F3N2O6/c1-23(2,3)36-22(32)29-12-24(13-29)14-34-11-20(24)30-9-5-6-18(21(30)31)17-8-7-16(25(26,27)28)10-19(17)35-15-33-4/h5-10,20H,11-15H2,1-4H3. The fraction of sp³-hybridized carbons (Fsp3) is 0.520. The third kappa shape index (κ3) is 5.08. The van der Waals surface area contributed by atoms with Crippen molar-refractivity contribution in [1.29, 1.82) is 0 Å². The minimum absolute atomic E-state index is 0.112. The summed E-state index contributed by atoms with van der Waals surface area (Å²) < 4.78 is 62.8. The van der Waals surface area contributed by atoms with Gasteiger partial charge in [0.25, 0.3) is 5.56 Å². The van der Waals surface area contributed by atoms with E-state index in [0.29, 0.717) is 19.7 Å². The molecule has 0 radical (unpaired) electrons. The molecule has 0 saturated carbocycles. The van der Waals surface area contributed by atoms with Crippen LogP contribution < -0.4 is 10.3 Å². The zero-order valence-corrected chi connectivity index (χ0v) is 20.6. The van der Waals surface area contributed by atoms with Crippen molar-refractivity contribution in [3.63, 3.8) is 0 Å². The zero-order chi connectivity index (χ0) is 26.3. The van der Waals surface area contributed by atoms with Crippen LogP contribution in [0.25, 0.3) is 11.1 Å². The van der Waals surface area contributed by atoms with Crippen LogP contribution in [0.4, 0.5) is 18.0 Å². The van der Waals surface area contributed by atoms with E-state index in [-0.39, 0.29) is 36.3 Å². The molecule has 2 fully saturated rings. The molecule has 0 bridgehead atoms. The number of likely N-dealkylation sites (tertiary alicyclic amines) is 1. The highest BCUT2D eigenvalue weighted by Crippen LogP contribution is 2.46. The Labute approximate surface area is 206 Å². The van der Waals surface area contributed by atoms with Crippen molar-refractivity contribution < 1.29 is 36.9 Å². The second kappa shape index (κ2) is 9.44. The number of amides is 1. The quantitative estimate of drug-likeness (QED) is 0.558. The first-order chi connectivity index (χ1) is 16.8. The van der Waals surface area contributed by atoms with E-state index in [1.54, 1.807) is 37.9 Å². The largest absolute Gasteiger partial charge is 0.467 e. The van der Waals surface area contributed by atoms with Crippen molar-refractivity contribution in [3.05, 3.63) is 52.4 Å². The molecular formula is C25H29F3N2O6. The number of carbonyl (C=O) groups is 1. The molecule has 1 amide bonds. The Morgan fingerprint density at radius 2 is 1.89 bits per heavy atom. The number of halogens is 3. The van der Waals surface area contributed by atoms with Gasteiger partial charge >= 0.3 is 12.3 Å². The summed E-state index contributed by atoms with van der Waals surface area (Å²) in [5, 5.41) is 0. The van der Waals surface area contributed by atoms with E-state index in [0.717, 1.165) is 12.1 Å². The van der Waals surface area contributed by atoms with E-state index in [4.69, 9.17) is 18.9 Å². The van der Waals surface area contributed by atoms with Gasteiger partial charge in [-0.3, -0.25) is 4.79 Å². The Morgan fingerprint density at radius 1 is 1.17 bits per heavy atom. The van der Waals surface area contributed by atoms with Crippen LogP contribution in [-0.4, -0.2) is 61.4 Å². The number of hydrogen-bond donors (Lipinski definition) is 0. The monoisotopic (exact) mass is 510 g/mol. The number of alkyl halides is 3. The summed E-state index contributed by atoms with van der Waals surface area (Å²) in [6.07, 6.45) is -3.37. The van der Waals surface area contributed by atoms with E-state index < -0.39 is 34.4 Å². The van der Waals surface area contributed by atoms with Gasteiger partial charge in [-0.1, -0.05) is 0 Å². The van der Waals surface area contributed by atoms with E-state index in [1.165, 1.54) is 23.8 Å². The summed E-state index contributed by atoms with van der Waals surface area (Å²) in [5.41, 5.74) is -1.98. The molecule has 36 heavy (non-hydrogen) atoms. The summed E-state index contributed by atoms with van der Waals surface area (Å²) in [6, 6.07) is 5.83. The molecule has 1 unspecified atom stereocenters. The summed E-state index contributed by atoms with van der Waals surface area (Å²) in [4.78, 5) is 27.6. The lowest BCUT2D eigenvalue weighted by Crippen LogP contribution is -2.63. The van der Waals surface area contributed by atoms with E-state index in [1.807, 2.05) is 0 Å². The molecule has 1 aromatic carbocycles. The highest BCUT2D eigenvalue weighted by molar-refractivity contribution is 5.71. The molecule has 2 aliphatic heterocycles. The molecule has 0 aliphatic carbocycles. The van der Waals surface area contributed by atoms with Crippen molar-refractivity contribution in [2.45, 2.75) is 38.6 Å². The number of rotatable bonds is 5. The van der Waals surface area contributed by atoms with Crippen molar-refractivity contribution >= 4 is 6.09 Å². The highest BCUT2D eigenvalue weighted by Gasteiger charge is 2.55. The summed E-state index contributed by atoms with van der Waals surface area (Å²) >= 11 is 0. The maximum atomic E-state index is 13.6. The van der Waals surface area contributed by atoms with Crippen LogP contribution in [0.3, 0.4) is 0 Å². The lowest BCUT2D eigenvalue weighted by molar-refractivity contribution is -0.137. The normalized spacial score (nSPS) is 19.3. The second-order valence-electron chi connectivity index (χ2n) is 10.1. The van der Waals surface area contributed by atoms with Crippen LogP contribution in [-0.2, 0) is 20.4 Å². The topological polar surface area (TPSA) is 79.2 Å². The third-order valence-electron chi connectivity index (χ3n) is 6.28. The number of nitrogens with zero attached hydrogens (tertiary/aromatic N) is 2. The summed E-state index contributed by atoms with van der Waals surface area (Å²) in [6.45, 7) is 6.46. The van der Waals surface area contributed by atoms with Gasteiger partial charge in [-0.05, 0) is 51.1 Å². The van der Waals surface area contributed by atoms with Gasteiger partial charge in [0.1, 0.15) is 11.4 Å². The Kier molecular flexibility index (Phi) is 6.82. The molecule has 0 N–H and O–H groups in total. The maximum absolute atomic E-state index is 13.6. The van der Waals surface area contributed by atoms with E-state index >= 15 is 0 Å². The van der Waals surface area contributed by atoms with Crippen LogP contribution in [0.5, 0.6) is 5.75 Å². The highest BCUT2D eigenvalue weighted by atomic mass is 19.4. The number of ether oxygens (including phenoxy) is 4. The number of methoxy groups -OCH3 is 1. The van der Waals surface area contributed by atoms with Crippen LogP contribution in [0, 0.1) is 5.41 Å². The molecular weight excluding hydrogens is 481 g/mol. The molecule has 11 heteroatoms. The van der Waals surface area contributed by atoms with Gasteiger partial charge in [-0.2, -0.15) is 13.2 Å². The molecule has 2 aliphatic rings. The fourth-order valence-electron chi connectivity index (χ4n) is 4.62. The molecule has 4 rings (SSSR count). The van der Waals surface area contributed by atoms with Gasteiger partial charge in [0.05, 0.1) is 35.8 Å². The molecule has 8 nitrogen and oxygen atoms in total. The Bertz CT molecular complexity index is 1180. The van der Waals surface area contributed by atoms with Gasteiger partial charge in [-0.15, -0.1) is 0 Å². The van der Waals surface area contributed by atoms with Gasteiger partial charge in [0.15, 0.2) is 6.79 Å². The van der Waals surface area contributed by atoms with Crippen molar-refractivity contribution in [2.24, 2.45) is 5.41 Å². The lowest BCUT2D eigenvalue weighted by atomic mass is 9.75. The van der Waals surface area contributed by atoms with Crippen LogP contribution in [0.1, 0.15) is 32.4 Å². The number of hydrogen-bond acceptors (Lipinski definition) is 6. The minimum Gasteiger partial charge on any atom is -0.467 e. The van der Waals surface area contributed by atoms with Crippen molar-refractivity contribution in [3.8, 4) is 16.9 Å². The molecule has 2 aromatic rings. The predicted octanol–water partition coefficient (Wildman–Crippen LogP) is 4.33. The van der Waals surface area contributed by atoms with Gasteiger partial charge in [-0.25, -0.2) is 4.79 Å². The fourth-order valence-corrected chi connectivity index (χ4v) is 4.62. The minimum atomic E-state index is -4.57. The molecule has 3 heterocycles. The summed E-state index contributed by atoms with van der Waals surface area (Å²) in [5.74, 6) is -0.112. The Hall–Kier alpha value is -3.05. The Balaban J connectivity index is 1.65. The van der Waals surface area contributed by atoms with Gasteiger partial charge in [0.2, 0.25) is 0 Å². The zero-order valence-electron chi connectivity index (χ0n) is 20.6. The third-order valence-corrected chi connectivity index (χ3v) is 6.28. The number of benzene rings is 1. The van der Waals surface area contributed by atoms with Gasteiger partial charge in [0, 0.05) is 32.0 Å². The smallest absolute Gasteiger partial charge is 0.416 e. The van der Waals surface area contributed by atoms with E-state index in [2.05, 4.69) is 0 Å². The van der Waals surface area contributed by atoms with Crippen molar-refractivity contribution in [1.82, 2.24) is 9.47 Å². The average molecular weight is 511 g/mol. The molecule has 1 atom stereocenters. The molecule has 196 valence electrons. The van der Waals surface area contributed by atoms with Crippen LogP contribution >= 0.6 is 0 Å². The second-order valence-corrected chi connectivity index (χ2v) is 10.1.